The summed E-state index contributed by atoms with van der Waals surface area (Å²) >= 11 is 3.09. The number of carbonyl (C=O) groups is 1. The van der Waals surface area contributed by atoms with Gasteiger partial charge in [0, 0.05) is 15.3 Å². The van der Waals surface area contributed by atoms with Crippen LogP contribution in [0.5, 0.6) is 0 Å². The van der Waals surface area contributed by atoms with Crippen LogP contribution in [-0.2, 0) is 6.54 Å². The zero-order chi connectivity index (χ0) is 17.9. The summed E-state index contributed by atoms with van der Waals surface area (Å²) in [4.78, 5) is 14.3. The number of rotatable bonds is 5. The molecule has 0 fully saturated rings. The van der Waals surface area contributed by atoms with Gasteiger partial charge in [-0.05, 0) is 57.4 Å². The van der Waals surface area contributed by atoms with E-state index in [9.17, 15) is 9.90 Å². The van der Waals surface area contributed by atoms with Gasteiger partial charge in [-0.2, -0.15) is 11.3 Å². The van der Waals surface area contributed by atoms with Gasteiger partial charge in [0.05, 0.1) is 6.54 Å². The minimum atomic E-state index is -0.601. The number of carbonyl (C=O) groups excluding carboxylic acids is 1. The lowest BCUT2D eigenvalue weighted by Crippen LogP contribution is -2.22. The number of hydrogen-bond donors (Lipinski definition) is 2. The van der Waals surface area contributed by atoms with E-state index in [1.165, 1.54) is 11.3 Å². The van der Waals surface area contributed by atoms with Gasteiger partial charge >= 0.3 is 0 Å². The van der Waals surface area contributed by atoms with Gasteiger partial charge in [-0.1, -0.05) is 30.3 Å². The molecule has 4 rings (SSSR count). The summed E-state index contributed by atoms with van der Waals surface area (Å²) < 4.78 is 0. The van der Waals surface area contributed by atoms with E-state index < -0.39 is 6.10 Å². The molecule has 26 heavy (non-hydrogen) atoms. The number of amides is 1. The summed E-state index contributed by atoms with van der Waals surface area (Å²) in [6, 6.07) is 19.5. The molecule has 2 N–H and O–H groups in total. The Morgan fingerprint density at radius 1 is 1.04 bits per heavy atom. The smallest absolute Gasteiger partial charge is 0.251 e. The first-order valence-electron chi connectivity index (χ1n) is 8.26. The first-order valence-corrected chi connectivity index (χ1v) is 10.0. The number of aliphatic hydroxyl groups excluding tert-OH is 1. The molecule has 0 aliphatic rings. The lowest BCUT2D eigenvalue weighted by molar-refractivity contribution is 0.0951. The van der Waals surface area contributed by atoms with Crippen molar-refractivity contribution in [1.82, 2.24) is 5.32 Å². The largest absolute Gasteiger partial charge is 0.383 e. The number of thiophene rings is 2. The summed E-state index contributed by atoms with van der Waals surface area (Å²) in [5.41, 5.74) is 1.56. The molecule has 2 heterocycles. The van der Waals surface area contributed by atoms with Crippen LogP contribution in [0.25, 0.3) is 10.8 Å². The highest BCUT2D eigenvalue weighted by Gasteiger charge is 2.14. The second kappa shape index (κ2) is 7.41. The Hall–Kier alpha value is -2.47. The highest BCUT2D eigenvalue weighted by molar-refractivity contribution is 7.12. The molecule has 2 aromatic heterocycles. The first-order chi connectivity index (χ1) is 12.7. The van der Waals surface area contributed by atoms with Gasteiger partial charge in [0.25, 0.3) is 5.91 Å². The van der Waals surface area contributed by atoms with Gasteiger partial charge in [0.2, 0.25) is 0 Å². The monoisotopic (exact) mass is 379 g/mol. The Balaban J connectivity index is 1.42. The average Bonchev–Trinajstić information content (AvgIpc) is 3.37. The van der Waals surface area contributed by atoms with Gasteiger partial charge in [-0.3, -0.25) is 4.79 Å². The fraction of sp³-hybridized carbons (Fsp3) is 0.0952. The second-order valence-electron chi connectivity index (χ2n) is 6.01. The molecule has 0 aliphatic carbocycles. The predicted molar refractivity (Wildman–Crippen MR) is 108 cm³/mol. The molecule has 5 heteroatoms. The predicted octanol–water partition coefficient (Wildman–Crippen LogP) is 4.97. The third kappa shape index (κ3) is 3.55. The van der Waals surface area contributed by atoms with Crippen molar-refractivity contribution in [3.8, 4) is 0 Å². The Morgan fingerprint density at radius 3 is 2.69 bits per heavy atom. The number of hydrogen-bond acceptors (Lipinski definition) is 4. The van der Waals surface area contributed by atoms with Gasteiger partial charge in [0.15, 0.2) is 0 Å². The number of fused-ring (bicyclic) bond motifs is 1. The molecule has 0 saturated heterocycles. The molecule has 3 nitrogen and oxygen atoms in total. The standard InChI is InChI=1S/C21H17NO2S2/c23-20(17-9-10-25-13-17)19-8-7-18(26-19)12-22-21(24)16-6-5-14-3-1-2-4-15(14)11-16/h1-11,13,20,23H,12H2,(H,22,24). The molecule has 4 aromatic rings. The number of nitrogens with one attached hydrogen (secondary N) is 1. The van der Waals surface area contributed by atoms with Crippen LogP contribution in [0.1, 0.15) is 31.8 Å². The van der Waals surface area contributed by atoms with Crippen LogP contribution >= 0.6 is 22.7 Å². The summed E-state index contributed by atoms with van der Waals surface area (Å²) in [5, 5.41) is 19.4. The normalized spacial score (nSPS) is 12.2. The van der Waals surface area contributed by atoms with Crippen molar-refractivity contribution in [1.29, 1.82) is 0 Å². The van der Waals surface area contributed by atoms with Crippen molar-refractivity contribution in [2.24, 2.45) is 0 Å². The molecule has 1 unspecified atom stereocenters. The first kappa shape index (κ1) is 17.0. The van der Waals surface area contributed by atoms with Gasteiger partial charge in [0.1, 0.15) is 6.10 Å². The maximum atomic E-state index is 12.4. The van der Waals surface area contributed by atoms with Crippen LogP contribution in [0.4, 0.5) is 0 Å². The van der Waals surface area contributed by atoms with E-state index in [0.717, 1.165) is 26.1 Å². The molecule has 0 aliphatic heterocycles. The van der Waals surface area contributed by atoms with Crippen LogP contribution in [-0.4, -0.2) is 11.0 Å². The lowest BCUT2D eigenvalue weighted by atomic mass is 10.1. The zero-order valence-electron chi connectivity index (χ0n) is 13.9. The molecular formula is C21H17NO2S2. The highest BCUT2D eigenvalue weighted by Crippen LogP contribution is 2.29. The average molecular weight is 380 g/mol. The molecule has 0 radical (unpaired) electrons. The number of benzene rings is 2. The Morgan fingerprint density at radius 2 is 1.88 bits per heavy atom. The molecular weight excluding hydrogens is 362 g/mol. The van der Waals surface area contributed by atoms with E-state index in [4.69, 9.17) is 0 Å². The molecule has 0 saturated carbocycles. The zero-order valence-corrected chi connectivity index (χ0v) is 15.5. The minimum Gasteiger partial charge on any atom is -0.383 e. The third-order valence-electron chi connectivity index (χ3n) is 4.25. The Bertz CT molecular complexity index is 1040. The Labute approximate surface area is 159 Å². The summed E-state index contributed by atoms with van der Waals surface area (Å²) in [6.07, 6.45) is -0.601. The van der Waals surface area contributed by atoms with Gasteiger partial charge in [-0.15, -0.1) is 11.3 Å². The molecule has 1 atom stereocenters. The summed E-state index contributed by atoms with van der Waals surface area (Å²) in [7, 11) is 0. The van der Waals surface area contributed by atoms with Crippen LogP contribution < -0.4 is 5.32 Å². The van der Waals surface area contributed by atoms with E-state index in [-0.39, 0.29) is 5.91 Å². The molecule has 130 valence electrons. The van der Waals surface area contributed by atoms with Crippen LogP contribution in [0.15, 0.2) is 71.4 Å². The fourth-order valence-corrected chi connectivity index (χ4v) is 4.48. The minimum absolute atomic E-state index is 0.0934. The second-order valence-corrected chi connectivity index (χ2v) is 7.99. The molecule has 2 aromatic carbocycles. The maximum absolute atomic E-state index is 12.4. The third-order valence-corrected chi connectivity index (χ3v) is 6.08. The SMILES string of the molecule is O=C(NCc1ccc(C(O)c2ccsc2)s1)c1ccc2ccccc2c1. The topological polar surface area (TPSA) is 49.3 Å². The number of aliphatic hydroxyl groups is 1. The van der Waals surface area contributed by atoms with E-state index in [1.54, 1.807) is 11.3 Å². The van der Waals surface area contributed by atoms with Crippen molar-refractivity contribution in [3.63, 3.8) is 0 Å². The highest BCUT2D eigenvalue weighted by atomic mass is 32.1. The van der Waals surface area contributed by atoms with Crippen LogP contribution in [0.2, 0.25) is 0 Å². The van der Waals surface area contributed by atoms with Crippen LogP contribution in [0, 0.1) is 0 Å². The van der Waals surface area contributed by atoms with E-state index >= 15 is 0 Å². The van der Waals surface area contributed by atoms with Crippen LogP contribution in [0.3, 0.4) is 0 Å². The van der Waals surface area contributed by atoms with Crippen molar-refractivity contribution in [2.45, 2.75) is 12.6 Å². The van der Waals surface area contributed by atoms with Gasteiger partial charge < -0.3 is 10.4 Å². The van der Waals surface area contributed by atoms with Crippen molar-refractivity contribution in [2.75, 3.05) is 0 Å². The molecule has 0 bridgehead atoms. The Kier molecular flexibility index (Phi) is 4.84. The van der Waals surface area contributed by atoms with Crippen molar-refractivity contribution < 1.29 is 9.90 Å². The van der Waals surface area contributed by atoms with Crippen molar-refractivity contribution >= 4 is 39.4 Å². The van der Waals surface area contributed by atoms with Gasteiger partial charge in [-0.25, -0.2) is 0 Å². The summed E-state index contributed by atoms with van der Waals surface area (Å²) in [5.74, 6) is -0.0934. The fourth-order valence-electron chi connectivity index (χ4n) is 2.83. The molecule has 0 spiro atoms. The quantitative estimate of drug-likeness (QED) is 0.514. The van der Waals surface area contributed by atoms with E-state index in [2.05, 4.69) is 5.32 Å². The lowest BCUT2D eigenvalue weighted by Gasteiger charge is -2.06. The van der Waals surface area contributed by atoms with E-state index in [0.29, 0.717) is 12.1 Å². The van der Waals surface area contributed by atoms with E-state index in [1.807, 2.05) is 71.4 Å². The maximum Gasteiger partial charge on any atom is 0.251 e. The summed E-state index contributed by atoms with van der Waals surface area (Å²) in [6.45, 7) is 0.451. The van der Waals surface area contributed by atoms with Crippen molar-refractivity contribution in [3.05, 3.63) is 92.3 Å². The molecule has 1 amide bonds.